The molecular formula is C14H14N2O2. The maximum absolute atomic E-state index is 10.7. The molecule has 92 valence electrons. The standard InChI is InChI=1S/C8H5NO.C6H9NO/c9-6-8(10)7-4-2-1-3-5-7;1-6(2,3)5(8)4-7/h1-5H;1-3H3. The fourth-order valence-corrected chi connectivity index (χ4v) is 0.822. The van der Waals surface area contributed by atoms with E-state index in [4.69, 9.17) is 10.5 Å². The Labute approximate surface area is 106 Å². The van der Waals surface area contributed by atoms with Gasteiger partial charge in [-0.1, -0.05) is 51.1 Å². The molecule has 0 N–H and O–H groups in total. The van der Waals surface area contributed by atoms with Gasteiger partial charge in [-0.05, 0) is 0 Å². The number of rotatable bonds is 1. The number of carbonyl (C=O) groups excluding carboxylic acids is 2. The molecule has 0 aromatic heterocycles. The van der Waals surface area contributed by atoms with Gasteiger partial charge in [0.05, 0.1) is 0 Å². The number of hydrogen-bond donors (Lipinski definition) is 0. The van der Waals surface area contributed by atoms with Crippen LogP contribution in [0.4, 0.5) is 0 Å². The highest BCUT2D eigenvalue weighted by Gasteiger charge is 2.19. The van der Waals surface area contributed by atoms with Gasteiger partial charge in [-0.3, -0.25) is 9.59 Å². The largest absolute Gasteiger partial charge is 0.282 e. The first-order valence-corrected chi connectivity index (χ1v) is 5.27. The third-order valence-electron chi connectivity index (χ3n) is 1.92. The first-order valence-electron chi connectivity index (χ1n) is 5.27. The summed E-state index contributed by atoms with van der Waals surface area (Å²) < 4.78 is 0. The molecule has 0 atom stereocenters. The molecule has 1 aromatic rings. The van der Waals surface area contributed by atoms with E-state index in [2.05, 4.69) is 0 Å². The minimum Gasteiger partial charge on any atom is -0.282 e. The average molecular weight is 242 g/mol. The van der Waals surface area contributed by atoms with Gasteiger partial charge < -0.3 is 0 Å². The third kappa shape index (κ3) is 5.58. The fraction of sp³-hybridized carbons (Fsp3) is 0.286. The quantitative estimate of drug-likeness (QED) is 0.559. The summed E-state index contributed by atoms with van der Waals surface area (Å²) in [6.45, 7) is 5.16. The van der Waals surface area contributed by atoms with Gasteiger partial charge >= 0.3 is 0 Å². The number of ketones is 2. The van der Waals surface area contributed by atoms with E-state index >= 15 is 0 Å². The van der Waals surface area contributed by atoms with Crippen molar-refractivity contribution in [1.82, 2.24) is 0 Å². The van der Waals surface area contributed by atoms with Crippen molar-refractivity contribution in [2.75, 3.05) is 0 Å². The molecule has 1 rings (SSSR count). The molecule has 0 spiro atoms. The van der Waals surface area contributed by atoms with E-state index in [9.17, 15) is 9.59 Å². The lowest BCUT2D eigenvalue weighted by molar-refractivity contribution is -0.120. The summed E-state index contributed by atoms with van der Waals surface area (Å²) in [5.41, 5.74) is -0.0422. The zero-order chi connectivity index (χ0) is 14.2. The molecule has 0 fully saturated rings. The Morgan fingerprint density at radius 2 is 1.50 bits per heavy atom. The summed E-state index contributed by atoms with van der Waals surface area (Å²) in [6, 6.07) is 11.6. The molecular weight excluding hydrogens is 228 g/mol. The fourth-order valence-electron chi connectivity index (χ4n) is 0.822. The van der Waals surface area contributed by atoms with Crippen LogP contribution in [0.5, 0.6) is 0 Å². The van der Waals surface area contributed by atoms with Crippen LogP contribution in [0, 0.1) is 28.1 Å². The third-order valence-corrected chi connectivity index (χ3v) is 1.92. The van der Waals surface area contributed by atoms with Crippen molar-refractivity contribution in [3.8, 4) is 12.1 Å². The van der Waals surface area contributed by atoms with E-state index in [1.807, 2.05) is 0 Å². The molecule has 0 saturated carbocycles. The Balaban J connectivity index is 0.000000331. The lowest BCUT2D eigenvalue weighted by Gasteiger charge is -2.08. The first kappa shape index (κ1) is 15.5. The van der Waals surface area contributed by atoms with Crippen LogP contribution in [0.2, 0.25) is 0 Å². The Morgan fingerprint density at radius 1 is 1.00 bits per heavy atom. The van der Waals surface area contributed by atoms with Gasteiger partial charge in [-0.2, -0.15) is 10.5 Å². The molecule has 0 unspecified atom stereocenters. The van der Waals surface area contributed by atoms with Crippen LogP contribution in [0.15, 0.2) is 30.3 Å². The highest BCUT2D eigenvalue weighted by Crippen LogP contribution is 2.12. The minimum absolute atomic E-state index is 0.363. The van der Waals surface area contributed by atoms with Crippen LogP contribution in [0.1, 0.15) is 31.1 Å². The van der Waals surface area contributed by atoms with Gasteiger partial charge in [-0.15, -0.1) is 0 Å². The number of nitriles is 2. The lowest BCUT2D eigenvalue weighted by atomic mass is 9.92. The average Bonchev–Trinajstić information content (AvgIpc) is 2.37. The smallest absolute Gasteiger partial charge is 0.262 e. The van der Waals surface area contributed by atoms with E-state index < -0.39 is 11.2 Å². The van der Waals surface area contributed by atoms with Gasteiger partial charge in [0.15, 0.2) is 0 Å². The normalized spacial score (nSPS) is 9.17. The zero-order valence-electron chi connectivity index (χ0n) is 10.6. The van der Waals surface area contributed by atoms with Gasteiger partial charge in [0.1, 0.15) is 12.1 Å². The molecule has 0 radical (unpaired) electrons. The van der Waals surface area contributed by atoms with Crippen LogP contribution >= 0.6 is 0 Å². The molecule has 0 bridgehead atoms. The summed E-state index contributed by atoms with van der Waals surface area (Å²) >= 11 is 0. The van der Waals surface area contributed by atoms with Crippen molar-refractivity contribution in [2.45, 2.75) is 20.8 Å². The van der Waals surface area contributed by atoms with Crippen molar-refractivity contribution >= 4 is 11.6 Å². The van der Waals surface area contributed by atoms with Gasteiger partial charge in [0.2, 0.25) is 5.78 Å². The Hall–Kier alpha value is -2.46. The Kier molecular flexibility index (Phi) is 6.03. The number of hydrogen-bond acceptors (Lipinski definition) is 4. The van der Waals surface area contributed by atoms with E-state index in [1.165, 1.54) is 0 Å². The molecule has 0 aliphatic carbocycles. The number of nitrogens with zero attached hydrogens (tertiary/aromatic N) is 2. The second-order valence-electron chi connectivity index (χ2n) is 4.50. The van der Waals surface area contributed by atoms with Gasteiger partial charge in [0, 0.05) is 11.0 Å². The van der Waals surface area contributed by atoms with Crippen molar-refractivity contribution in [2.24, 2.45) is 5.41 Å². The molecule has 0 aliphatic heterocycles. The second kappa shape index (κ2) is 6.98. The lowest BCUT2D eigenvalue weighted by Crippen LogP contribution is -2.17. The van der Waals surface area contributed by atoms with Crippen LogP contribution in [-0.4, -0.2) is 11.6 Å². The molecule has 0 amide bonds. The van der Waals surface area contributed by atoms with E-state index in [-0.39, 0.29) is 5.78 Å². The first-order chi connectivity index (χ1) is 8.32. The van der Waals surface area contributed by atoms with Crippen molar-refractivity contribution in [3.05, 3.63) is 35.9 Å². The Morgan fingerprint density at radius 3 is 1.78 bits per heavy atom. The van der Waals surface area contributed by atoms with Crippen LogP contribution in [-0.2, 0) is 4.79 Å². The molecule has 4 heteroatoms. The summed E-state index contributed by atoms with van der Waals surface area (Å²) in [7, 11) is 0. The van der Waals surface area contributed by atoms with Crippen molar-refractivity contribution in [1.29, 1.82) is 10.5 Å². The summed E-state index contributed by atoms with van der Waals surface area (Å²) in [5.74, 6) is -0.849. The monoisotopic (exact) mass is 242 g/mol. The number of benzene rings is 1. The summed E-state index contributed by atoms with van der Waals surface area (Å²) in [5, 5.41) is 16.3. The molecule has 18 heavy (non-hydrogen) atoms. The van der Waals surface area contributed by atoms with E-state index in [0.717, 1.165) is 0 Å². The number of Topliss-reactive ketones (excluding diaryl/α,β-unsaturated/α-hetero) is 2. The molecule has 0 saturated heterocycles. The molecule has 0 aliphatic rings. The van der Waals surface area contributed by atoms with Crippen LogP contribution < -0.4 is 0 Å². The summed E-state index contributed by atoms with van der Waals surface area (Å²) in [4.78, 5) is 21.1. The van der Waals surface area contributed by atoms with Crippen molar-refractivity contribution in [3.63, 3.8) is 0 Å². The predicted octanol–water partition coefficient (Wildman–Crippen LogP) is 2.52. The second-order valence-corrected chi connectivity index (χ2v) is 4.50. The SMILES string of the molecule is CC(C)(C)C(=O)C#N.N#CC(=O)c1ccccc1. The predicted molar refractivity (Wildman–Crippen MR) is 66.5 cm³/mol. The molecule has 4 nitrogen and oxygen atoms in total. The number of carbonyl (C=O) groups is 2. The van der Waals surface area contributed by atoms with Gasteiger partial charge in [0.25, 0.3) is 5.78 Å². The highest BCUT2D eigenvalue weighted by molar-refractivity contribution is 6.07. The van der Waals surface area contributed by atoms with Crippen LogP contribution in [0.25, 0.3) is 0 Å². The molecule has 1 aromatic carbocycles. The maximum Gasteiger partial charge on any atom is 0.262 e. The van der Waals surface area contributed by atoms with Crippen molar-refractivity contribution < 1.29 is 9.59 Å². The van der Waals surface area contributed by atoms with Gasteiger partial charge in [-0.25, -0.2) is 0 Å². The minimum atomic E-state index is -0.491. The van der Waals surface area contributed by atoms with E-state index in [0.29, 0.717) is 5.56 Å². The van der Waals surface area contributed by atoms with Crippen LogP contribution in [0.3, 0.4) is 0 Å². The maximum atomic E-state index is 10.7. The highest BCUT2D eigenvalue weighted by atomic mass is 16.1. The Bertz CT molecular complexity index is 499. The summed E-state index contributed by atoms with van der Waals surface area (Å²) in [6.07, 6.45) is 0. The molecule has 0 heterocycles. The van der Waals surface area contributed by atoms with E-state index in [1.54, 1.807) is 63.2 Å². The zero-order valence-corrected chi connectivity index (χ0v) is 10.6. The topological polar surface area (TPSA) is 81.7 Å².